The normalized spacial score (nSPS) is 25.3. The molecule has 2 aliphatic heterocycles. The van der Waals surface area contributed by atoms with E-state index in [9.17, 15) is 9.59 Å². The molecule has 3 aliphatic rings. The molecular weight excluding hydrogens is 478 g/mol. The number of carbonyl (C=O) groups excluding carboxylic acids is 1. The highest BCUT2D eigenvalue weighted by Crippen LogP contribution is 2.39. The van der Waals surface area contributed by atoms with Crippen molar-refractivity contribution in [3.05, 3.63) is 45.1 Å². The van der Waals surface area contributed by atoms with Crippen LogP contribution >= 0.6 is 24.0 Å². The van der Waals surface area contributed by atoms with Gasteiger partial charge in [0, 0.05) is 31.1 Å². The number of aromatic nitrogens is 1. The van der Waals surface area contributed by atoms with Crippen LogP contribution in [0.1, 0.15) is 58.4 Å². The lowest BCUT2D eigenvalue weighted by Crippen LogP contribution is -2.46. The number of fused-ring (bicyclic) bond motifs is 1. The van der Waals surface area contributed by atoms with Gasteiger partial charge in [-0.1, -0.05) is 61.4 Å². The molecule has 6 nitrogen and oxygen atoms in total. The SMILES string of the molecule is CCn1c(=O)c(C=C2SC(=S)N(C3CCCCC3)C2=O)c(N2CC(C)OC(C)C2)c2ccccc21. The van der Waals surface area contributed by atoms with E-state index < -0.39 is 0 Å². The molecule has 3 fully saturated rings. The molecule has 1 aromatic heterocycles. The third-order valence-corrected chi connectivity index (χ3v) is 8.60. The van der Waals surface area contributed by atoms with Crippen LogP contribution in [0.4, 0.5) is 5.69 Å². The Morgan fingerprint density at radius 3 is 2.46 bits per heavy atom. The highest BCUT2D eigenvalue weighted by Gasteiger charge is 2.38. The first-order valence-corrected chi connectivity index (χ1v) is 13.9. The third kappa shape index (κ3) is 4.56. The molecule has 0 spiro atoms. The molecule has 1 aliphatic carbocycles. The summed E-state index contributed by atoms with van der Waals surface area (Å²) >= 11 is 6.99. The second-order valence-electron chi connectivity index (χ2n) is 9.83. The number of aryl methyl sites for hydroxylation is 1. The van der Waals surface area contributed by atoms with Crippen LogP contribution in [0.5, 0.6) is 0 Å². The number of morpholine rings is 1. The fraction of sp³-hybridized carbons (Fsp3) is 0.519. The van der Waals surface area contributed by atoms with Gasteiger partial charge in [0.2, 0.25) is 0 Å². The Balaban J connectivity index is 1.66. The quantitative estimate of drug-likeness (QED) is 0.417. The van der Waals surface area contributed by atoms with E-state index in [1.54, 1.807) is 4.57 Å². The first-order chi connectivity index (χ1) is 16.9. The van der Waals surface area contributed by atoms with Gasteiger partial charge in [0.05, 0.1) is 33.9 Å². The molecule has 186 valence electrons. The van der Waals surface area contributed by atoms with Crippen LogP contribution in [-0.2, 0) is 16.1 Å². The number of benzene rings is 1. The monoisotopic (exact) mass is 511 g/mol. The van der Waals surface area contributed by atoms with Crippen molar-refractivity contribution in [3.8, 4) is 0 Å². The Hall–Kier alpha value is -2.16. The fourth-order valence-corrected chi connectivity index (χ4v) is 7.20. The second kappa shape index (κ2) is 10.1. The van der Waals surface area contributed by atoms with Gasteiger partial charge in [-0.2, -0.15) is 0 Å². The maximum absolute atomic E-state index is 13.9. The molecule has 1 aromatic carbocycles. The summed E-state index contributed by atoms with van der Waals surface area (Å²) in [4.78, 5) is 32.1. The number of pyridine rings is 1. The zero-order chi connectivity index (χ0) is 24.7. The van der Waals surface area contributed by atoms with Crippen LogP contribution in [0.15, 0.2) is 34.0 Å². The summed E-state index contributed by atoms with van der Waals surface area (Å²) in [6.45, 7) is 8.04. The van der Waals surface area contributed by atoms with Crippen molar-refractivity contribution in [3.63, 3.8) is 0 Å². The lowest BCUT2D eigenvalue weighted by Gasteiger charge is -2.38. The summed E-state index contributed by atoms with van der Waals surface area (Å²) in [5.41, 5.74) is 2.29. The topological polar surface area (TPSA) is 54.8 Å². The molecule has 3 heterocycles. The minimum atomic E-state index is -0.0732. The number of amides is 1. The largest absolute Gasteiger partial charge is 0.372 e. The van der Waals surface area contributed by atoms with Gasteiger partial charge in [-0.05, 0) is 45.8 Å². The van der Waals surface area contributed by atoms with Crippen LogP contribution in [0.3, 0.4) is 0 Å². The van der Waals surface area contributed by atoms with Gasteiger partial charge < -0.3 is 14.2 Å². The van der Waals surface area contributed by atoms with E-state index in [2.05, 4.69) is 24.8 Å². The number of ether oxygens (including phenoxy) is 1. The number of hydrogen-bond acceptors (Lipinski definition) is 6. The summed E-state index contributed by atoms with van der Waals surface area (Å²) in [7, 11) is 0. The van der Waals surface area contributed by atoms with Crippen molar-refractivity contribution in [2.24, 2.45) is 0 Å². The number of nitrogens with zero attached hydrogens (tertiary/aromatic N) is 3. The maximum Gasteiger partial charge on any atom is 0.266 e. The summed E-state index contributed by atoms with van der Waals surface area (Å²) in [6.07, 6.45) is 7.36. The Kier molecular flexibility index (Phi) is 7.06. The number of hydrogen-bond donors (Lipinski definition) is 0. The van der Waals surface area contributed by atoms with E-state index >= 15 is 0 Å². The van der Waals surface area contributed by atoms with Crippen LogP contribution in [-0.4, -0.2) is 51.0 Å². The van der Waals surface area contributed by atoms with Crippen molar-refractivity contribution in [2.45, 2.75) is 77.7 Å². The van der Waals surface area contributed by atoms with Crippen molar-refractivity contribution in [1.29, 1.82) is 0 Å². The Labute approximate surface area is 216 Å². The number of thiocarbonyl (C=S) groups is 1. The summed E-state index contributed by atoms with van der Waals surface area (Å²) in [5, 5.41) is 1.02. The molecule has 0 radical (unpaired) electrons. The summed E-state index contributed by atoms with van der Waals surface area (Å²) in [6, 6.07) is 8.23. The van der Waals surface area contributed by atoms with Crippen molar-refractivity contribution < 1.29 is 9.53 Å². The summed E-state index contributed by atoms with van der Waals surface area (Å²) in [5.74, 6) is -0.0582. The van der Waals surface area contributed by atoms with Crippen LogP contribution in [0.2, 0.25) is 0 Å². The van der Waals surface area contributed by atoms with Gasteiger partial charge in [-0.3, -0.25) is 14.5 Å². The molecule has 2 aromatic rings. The van der Waals surface area contributed by atoms with Gasteiger partial charge in [0.1, 0.15) is 4.32 Å². The van der Waals surface area contributed by atoms with Crippen molar-refractivity contribution >= 4 is 56.9 Å². The number of para-hydroxylation sites is 1. The average molecular weight is 512 g/mol. The number of carbonyl (C=O) groups is 1. The van der Waals surface area contributed by atoms with Gasteiger partial charge >= 0.3 is 0 Å². The fourth-order valence-electron chi connectivity index (χ4n) is 5.82. The van der Waals surface area contributed by atoms with Crippen molar-refractivity contribution in [2.75, 3.05) is 18.0 Å². The number of anilines is 1. The molecule has 2 atom stereocenters. The molecule has 0 bridgehead atoms. The molecule has 35 heavy (non-hydrogen) atoms. The van der Waals surface area contributed by atoms with Gasteiger partial charge in [-0.15, -0.1) is 0 Å². The molecule has 2 unspecified atom stereocenters. The molecule has 1 amide bonds. The molecular formula is C27H33N3O3S2. The van der Waals surface area contributed by atoms with E-state index in [1.165, 1.54) is 18.2 Å². The first-order valence-electron chi connectivity index (χ1n) is 12.7. The first kappa shape index (κ1) is 24.5. The lowest BCUT2D eigenvalue weighted by atomic mass is 9.94. The Morgan fingerprint density at radius 1 is 1.09 bits per heavy atom. The van der Waals surface area contributed by atoms with E-state index in [0.29, 0.717) is 34.4 Å². The zero-order valence-electron chi connectivity index (χ0n) is 20.7. The van der Waals surface area contributed by atoms with Gasteiger partial charge in [-0.25, -0.2) is 0 Å². The highest BCUT2D eigenvalue weighted by atomic mass is 32.2. The maximum atomic E-state index is 13.9. The van der Waals surface area contributed by atoms with Gasteiger partial charge in [0.25, 0.3) is 11.5 Å². The minimum absolute atomic E-state index is 0.0449. The van der Waals surface area contributed by atoms with E-state index in [0.717, 1.165) is 42.3 Å². The van der Waals surface area contributed by atoms with E-state index in [4.69, 9.17) is 17.0 Å². The molecule has 5 rings (SSSR count). The molecule has 8 heteroatoms. The van der Waals surface area contributed by atoms with Gasteiger partial charge in [0.15, 0.2) is 0 Å². The smallest absolute Gasteiger partial charge is 0.266 e. The minimum Gasteiger partial charge on any atom is -0.372 e. The van der Waals surface area contributed by atoms with Crippen LogP contribution < -0.4 is 10.5 Å². The molecule has 1 saturated carbocycles. The molecule has 2 saturated heterocycles. The second-order valence-corrected chi connectivity index (χ2v) is 11.5. The predicted molar refractivity (Wildman–Crippen MR) is 148 cm³/mol. The Morgan fingerprint density at radius 2 is 1.77 bits per heavy atom. The standard InChI is InChI=1S/C27H33N3O3S2/c1-4-29-22-13-9-8-12-20(22)24(28-15-17(2)33-18(3)16-28)21(25(29)31)14-23-26(32)30(27(34)35-23)19-10-6-5-7-11-19/h8-9,12-14,17-19H,4-7,10-11,15-16H2,1-3H3. The number of thioether (sulfide) groups is 1. The third-order valence-electron chi connectivity index (χ3n) is 7.27. The highest BCUT2D eigenvalue weighted by molar-refractivity contribution is 8.26. The lowest BCUT2D eigenvalue weighted by molar-refractivity contribution is -0.124. The number of rotatable bonds is 4. The van der Waals surface area contributed by atoms with Crippen LogP contribution in [0.25, 0.3) is 17.0 Å². The zero-order valence-corrected chi connectivity index (χ0v) is 22.3. The van der Waals surface area contributed by atoms with Crippen molar-refractivity contribution in [1.82, 2.24) is 9.47 Å². The Bertz CT molecular complexity index is 1240. The van der Waals surface area contributed by atoms with E-state index in [1.807, 2.05) is 36.1 Å². The molecule has 0 N–H and O–H groups in total. The summed E-state index contributed by atoms with van der Waals surface area (Å²) < 4.78 is 8.40. The average Bonchev–Trinajstić information content (AvgIpc) is 3.12. The van der Waals surface area contributed by atoms with Crippen LogP contribution in [0, 0.1) is 0 Å². The van der Waals surface area contributed by atoms with E-state index in [-0.39, 0.29) is 29.7 Å². The predicted octanol–water partition coefficient (Wildman–Crippen LogP) is 5.17.